The van der Waals surface area contributed by atoms with Crippen molar-refractivity contribution in [3.05, 3.63) is 72.3 Å². The second kappa shape index (κ2) is 6.53. The van der Waals surface area contributed by atoms with Crippen LogP contribution < -0.4 is 10.6 Å². The third kappa shape index (κ3) is 3.69. The Kier molecular flexibility index (Phi) is 4.29. The van der Waals surface area contributed by atoms with E-state index in [1.165, 1.54) is 5.56 Å². The topological polar surface area (TPSA) is 41.1 Å². The summed E-state index contributed by atoms with van der Waals surface area (Å²) in [4.78, 5) is 12.3. The molecule has 0 saturated heterocycles. The van der Waals surface area contributed by atoms with E-state index in [2.05, 4.69) is 16.7 Å². The van der Waals surface area contributed by atoms with Crippen LogP contribution in [0.5, 0.6) is 0 Å². The van der Waals surface area contributed by atoms with Crippen LogP contribution in [-0.4, -0.2) is 11.9 Å². The minimum Gasteiger partial charge on any atom is -0.374 e. The molecule has 0 bridgehead atoms. The summed E-state index contributed by atoms with van der Waals surface area (Å²) in [6, 6.07) is 21.7. The van der Waals surface area contributed by atoms with Crippen LogP contribution in [0.2, 0.25) is 0 Å². The van der Waals surface area contributed by atoms with E-state index in [-0.39, 0.29) is 11.9 Å². The molecule has 0 spiro atoms. The Balaban J connectivity index is 1.68. The molecular weight excluding hydrogens is 284 g/mol. The lowest BCUT2D eigenvalue weighted by Crippen LogP contribution is -2.31. The number of amides is 1. The number of anilines is 2. The van der Waals surface area contributed by atoms with Gasteiger partial charge in [-0.1, -0.05) is 48.0 Å². The minimum absolute atomic E-state index is 0.0548. The molecule has 3 heteroatoms. The van der Waals surface area contributed by atoms with Crippen molar-refractivity contribution >= 4 is 28.1 Å². The van der Waals surface area contributed by atoms with Gasteiger partial charge in [0, 0.05) is 11.4 Å². The fourth-order valence-corrected chi connectivity index (χ4v) is 2.48. The van der Waals surface area contributed by atoms with Crippen LogP contribution in [0.3, 0.4) is 0 Å². The second-order valence-electron chi connectivity index (χ2n) is 5.78. The van der Waals surface area contributed by atoms with Crippen molar-refractivity contribution in [2.75, 3.05) is 10.6 Å². The average Bonchev–Trinajstić information content (AvgIpc) is 2.56. The highest BCUT2D eigenvalue weighted by molar-refractivity contribution is 5.98. The monoisotopic (exact) mass is 304 g/mol. The first-order valence-electron chi connectivity index (χ1n) is 7.75. The predicted octanol–water partition coefficient (Wildman–Crippen LogP) is 4.59. The molecule has 0 radical (unpaired) electrons. The molecule has 2 N–H and O–H groups in total. The minimum atomic E-state index is -0.316. The molecule has 3 rings (SSSR count). The molecule has 0 aliphatic carbocycles. The molecule has 0 saturated carbocycles. The standard InChI is InChI=1S/C20H20N2O/c1-14-7-10-18(11-8-14)21-15(2)20(23)22-19-12-9-16-5-3-4-6-17(16)13-19/h3-13,15,21H,1-2H3,(H,22,23)/t15-/m1/s1. The number of hydrogen-bond donors (Lipinski definition) is 2. The molecule has 23 heavy (non-hydrogen) atoms. The summed E-state index contributed by atoms with van der Waals surface area (Å²) in [7, 11) is 0. The number of benzene rings is 3. The van der Waals surface area contributed by atoms with E-state index in [9.17, 15) is 4.79 Å². The summed E-state index contributed by atoms with van der Waals surface area (Å²) in [5.74, 6) is -0.0548. The Morgan fingerprint density at radius 2 is 1.52 bits per heavy atom. The molecule has 0 fully saturated rings. The summed E-state index contributed by atoms with van der Waals surface area (Å²) < 4.78 is 0. The number of hydrogen-bond acceptors (Lipinski definition) is 2. The maximum atomic E-state index is 12.3. The van der Waals surface area contributed by atoms with Gasteiger partial charge in [-0.25, -0.2) is 0 Å². The molecule has 3 nitrogen and oxygen atoms in total. The van der Waals surface area contributed by atoms with E-state index in [0.29, 0.717) is 0 Å². The van der Waals surface area contributed by atoms with Gasteiger partial charge in [-0.15, -0.1) is 0 Å². The van der Waals surface area contributed by atoms with Crippen LogP contribution in [0.15, 0.2) is 66.7 Å². The van der Waals surface area contributed by atoms with Crippen molar-refractivity contribution in [3.63, 3.8) is 0 Å². The zero-order chi connectivity index (χ0) is 16.2. The summed E-state index contributed by atoms with van der Waals surface area (Å²) in [5, 5.41) is 8.46. The van der Waals surface area contributed by atoms with Crippen LogP contribution in [0.4, 0.5) is 11.4 Å². The number of rotatable bonds is 4. The lowest BCUT2D eigenvalue weighted by Gasteiger charge is -2.15. The van der Waals surface area contributed by atoms with E-state index in [1.807, 2.05) is 74.5 Å². The first-order chi connectivity index (χ1) is 11.1. The van der Waals surface area contributed by atoms with Crippen LogP contribution in [0.1, 0.15) is 12.5 Å². The van der Waals surface area contributed by atoms with E-state index in [4.69, 9.17) is 0 Å². The van der Waals surface area contributed by atoms with E-state index >= 15 is 0 Å². The fraction of sp³-hybridized carbons (Fsp3) is 0.150. The van der Waals surface area contributed by atoms with E-state index in [1.54, 1.807) is 0 Å². The maximum absolute atomic E-state index is 12.3. The summed E-state index contributed by atoms with van der Waals surface area (Å²) in [6.07, 6.45) is 0. The highest BCUT2D eigenvalue weighted by Crippen LogP contribution is 2.19. The molecule has 0 unspecified atom stereocenters. The van der Waals surface area contributed by atoms with Gasteiger partial charge in [0.05, 0.1) is 0 Å². The number of carbonyl (C=O) groups excluding carboxylic acids is 1. The van der Waals surface area contributed by atoms with Gasteiger partial charge in [0.2, 0.25) is 5.91 Å². The molecule has 1 amide bonds. The Morgan fingerprint density at radius 1 is 0.870 bits per heavy atom. The SMILES string of the molecule is Cc1ccc(N[C@H](C)C(=O)Nc2ccc3ccccc3c2)cc1. The number of carbonyl (C=O) groups is 1. The first-order valence-corrected chi connectivity index (χ1v) is 7.75. The number of aryl methyl sites for hydroxylation is 1. The molecule has 116 valence electrons. The van der Waals surface area contributed by atoms with Gasteiger partial charge in [-0.2, -0.15) is 0 Å². The summed E-state index contributed by atoms with van der Waals surface area (Å²) in [6.45, 7) is 3.90. The Morgan fingerprint density at radius 3 is 2.26 bits per heavy atom. The number of nitrogens with one attached hydrogen (secondary N) is 2. The van der Waals surface area contributed by atoms with Crippen LogP contribution in [0, 0.1) is 6.92 Å². The lowest BCUT2D eigenvalue weighted by atomic mass is 10.1. The normalized spacial score (nSPS) is 11.9. The fourth-order valence-electron chi connectivity index (χ4n) is 2.48. The van der Waals surface area contributed by atoms with Crippen molar-refractivity contribution in [2.45, 2.75) is 19.9 Å². The summed E-state index contributed by atoms with van der Waals surface area (Å²) >= 11 is 0. The van der Waals surface area contributed by atoms with Gasteiger partial charge in [-0.05, 0) is 48.9 Å². The predicted molar refractivity (Wildman–Crippen MR) is 96.8 cm³/mol. The quantitative estimate of drug-likeness (QED) is 0.740. The third-order valence-electron chi connectivity index (χ3n) is 3.85. The van der Waals surface area contributed by atoms with Crippen molar-refractivity contribution in [1.29, 1.82) is 0 Å². The van der Waals surface area contributed by atoms with E-state index in [0.717, 1.165) is 22.1 Å². The van der Waals surface area contributed by atoms with Gasteiger partial charge in [-0.3, -0.25) is 4.79 Å². The van der Waals surface area contributed by atoms with Gasteiger partial charge < -0.3 is 10.6 Å². The van der Waals surface area contributed by atoms with Crippen molar-refractivity contribution in [3.8, 4) is 0 Å². The van der Waals surface area contributed by atoms with Crippen LogP contribution in [-0.2, 0) is 4.79 Å². The molecule has 3 aromatic rings. The Hall–Kier alpha value is -2.81. The van der Waals surface area contributed by atoms with Crippen molar-refractivity contribution in [1.82, 2.24) is 0 Å². The number of fused-ring (bicyclic) bond motifs is 1. The molecule has 0 aliphatic rings. The van der Waals surface area contributed by atoms with Crippen LogP contribution >= 0.6 is 0 Å². The smallest absolute Gasteiger partial charge is 0.246 e. The third-order valence-corrected chi connectivity index (χ3v) is 3.85. The lowest BCUT2D eigenvalue weighted by molar-refractivity contribution is -0.116. The van der Waals surface area contributed by atoms with Crippen LogP contribution in [0.25, 0.3) is 10.8 Å². The van der Waals surface area contributed by atoms with E-state index < -0.39 is 0 Å². The molecule has 0 aromatic heterocycles. The summed E-state index contributed by atoms with van der Waals surface area (Å²) in [5.41, 5.74) is 2.95. The van der Waals surface area contributed by atoms with Gasteiger partial charge in [0.1, 0.15) is 6.04 Å². The zero-order valence-electron chi connectivity index (χ0n) is 13.3. The van der Waals surface area contributed by atoms with Gasteiger partial charge in [0.25, 0.3) is 0 Å². The van der Waals surface area contributed by atoms with Crippen molar-refractivity contribution < 1.29 is 4.79 Å². The largest absolute Gasteiger partial charge is 0.374 e. The van der Waals surface area contributed by atoms with Gasteiger partial charge >= 0.3 is 0 Å². The maximum Gasteiger partial charge on any atom is 0.246 e. The highest BCUT2D eigenvalue weighted by atomic mass is 16.2. The molecule has 0 heterocycles. The molecular formula is C20H20N2O. The Bertz CT molecular complexity index is 824. The molecule has 1 atom stereocenters. The average molecular weight is 304 g/mol. The first kappa shape index (κ1) is 15.1. The van der Waals surface area contributed by atoms with Gasteiger partial charge in [0.15, 0.2) is 0 Å². The zero-order valence-corrected chi connectivity index (χ0v) is 13.3. The molecule has 0 aliphatic heterocycles. The Labute approximate surface area is 136 Å². The second-order valence-corrected chi connectivity index (χ2v) is 5.78. The molecule has 3 aromatic carbocycles. The highest BCUT2D eigenvalue weighted by Gasteiger charge is 2.12. The van der Waals surface area contributed by atoms with Crippen molar-refractivity contribution in [2.24, 2.45) is 0 Å².